The molecule has 2 aliphatic rings. The van der Waals surface area contributed by atoms with Crippen LogP contribution >= 0.6 is 0 Å². The third-order valence-electron chi connectivity index (χ3n) is 7.60. The Kier molecular flexibility index (Phi) is 20.3. The van der Waals surface area contributed by atoms with Gasteiger partial charge in [0.05, 0.1) is 0 Å². The van der Waals surface area contributed by atoms with Crippen molar-refractivity contribution in [2.45, 2.75) is 86.2 Å². The average Bonchev–Trinajstić information content (AvgIpc) is 3.20. The number of nitrogens with two attached hydrogens (primary N) is 1. The van der Waals surface area contributed by atoms with Crippen molar-refractivity contribution in [2.75, 3.05) is 30.9 Å². The zero-order chi connectivity index (χ0) is 44.7. The van der Waals surface area contributed by atoms with Crippen molar-refractivity contribution in [1.29, 1.82) is 0 Å². The molecule has 0 saturated carbocycles. The lowest BCUT2D eigenvalue weighted by atomic mass is 10.2. The van der Waals surface area contributed by atoms with Gasteiger partial charge in [0.25, 0.3) is 18.1 Å². The van der Waals surface area contributed by atoms with Crippen LogP contribution < -0.4 is 20.5 Å². The summed E-state index contributed by atoms with van der Waals surface area (Å²) in [7, 11) is 0. The third kappa shape index (κ3) is 19.5. The number of cyclic esters (lactones) is 4. The molecule has 2 saturated heterocycles. The summed E-state index contributed by atoms with van der Waals surface area (Å²) in [5.74, 6) is -3.37. The SMILES string of the molecule is CC1(C)OC(=O)C(=CNc2cccc(OCc3ccccc3)c2)C(=O)O1.CC1(C)OC(=O)CC(=O)O1.CCOC(OCC)OCC.Nc1cccc(OCc2ccccc2)c1. The Morgan fingerprint density at radius 2 is 1.05 bits per heavy atom. The Bertz CT molecular complexity index is 1950. The second-order valence-corrected chi connectivity index (χ2v) is 13.7. The van der Waals surface area contributed by atoms with Gasteiger partial charge in [-0.25, -0.2) is 9.59 Å². The number of ether oxygens (including phenoxy) is 9. The monoisotopic (exact) mass is 844 g/mol. The van der Waals surface area contributed by atoms with E-state index in [1.54, 1.807) is 12.1 Å². The summed E-state index contributed by atoms with van der Waals surface area (Å²) in [6.07, 6.45) is 1.000. The quantitative estimate of drug-likeness (QED) is 0.0312. The fourth-order valence-corrected chi connectivity index (χ4v) is 5.01. The fraction of sp³-hybridized carbons (Fsp3) is 0.348. The number of carbonyl (C=O) groups is 4. The number of anilines is 2. The van der Waals surface area contributed by atoms with Crippen LogP contribution in [-0.2, 0) is 65.5 Å². The Labute approximate surface area is 357 Å². The van der Waals surface area contributed by atoms with Crippen LogP contribution in [0.2, 0.25) is 0 Å². The molecule has 2 fully saturated rings. The first-order valence-electron chi connectivity index (χ1n) is 19.6. The molecule has 0 bridgehead atoms. The minimum absolute atomic E-state index is 0.195. The van der Waals surface area contributed by atoms with Crippen LogP contribution in [0.1, 0.15) is 66.0 Å². The van der Waals surface area contributed by atoms with Gasteiger partial charge in [0.2, 0.25) is 0 Å². The van der Waals surface area contributed by atoms with E-state index in [2.05, 4.69) is 14.8 Å². The summed E-state index contributed by atoms with van der Waals surface area (Å²) in [6.45, 7) is 14.1. The highest BCUT2D eigenvalue weighted by Gasteiger charge is 2.39. The van der Waals surface area contributed by atoms with Gasteiger partial charge < -0.3 is 53.7 Å². The molecule has 3 N–H and O–H groups in total. The Balaban J connectivity index is 0.000000239. The van der Waals surface area contributed by atoms with Crippen LogP contribution in [0, 0.1) is 0 Å². The number of benzene rings is 4. The van der Waals surface area contributed by atoms with Crippen LogP contribution in [0.15, 0.2) is 121 Å². The molecule has 6 rings (SSSR count). The number of nitrogens with one attached hydrogen (secondary N) is 1. The highest BCUT2D eigenvalue weighted by atomic mass is 16.8. The third-order valence-corrected chi connectivity index (χ3v) is 7.60. The summed E-state index contributed by atoms with van der Waals surface area (Å²) in [6, 6.07) is 34.5. The zero-order valence-electron chi connectivity index (χ0n) is 35.7. The molecular weight excluding hydrogens is 789 g/mol. The molecule has 15 heteroatoms. The highest BCUT2D eigenvalue weighted by Crippen LogP contribution is 2.24. The van der Waals surface area contributed by atoms with E-state index in [1.807, 2.05) is 118 Å². The minimum atomic E-state index is -1.25. The highest BCUT2D eigenvalue weighted by molar-refractivity contribution is 6.15. The molecule has 0 radical (unpaired) electrons. The zero-order valence-corrected chi connectivity index (χ0v) is 35.7. The first-order valence-corrected chi connectivity index (χ1v) is 19.6. The second-order valence-electron chi connectivity index (χ2n) is 13.7. The Hall–Kier alpha value is -6.42. The van der Waals surface area contributed by atoms with Gasteiger partial charge in [0.1, 0.15) is 31.1 Å². The maximum atomic E-state index is 11.9. The lowest BCUT2D eigenvalue weighted by Crippen LogP contribution is -2.42. The lowest BCUT2D eigenvalue weighted by molar-refractivity contribution is -0.282. The summed E-state index contributed by atoms with van der Waals surface area (Å²) in [5, 5.41) is 2.90. The Morgan fingerprint density at radius 3 is 1.49 bits per heavy atom. The smallest absolute Gasteiger partial charge is 0.350 e. The molecule has 0 amide bonds. The van der Waals surface area contributed by atoms with E-state index in [9.17, 15) is 19.2 Å². The number of carbonyl (C=O) groups excluding carboxylic acids is 4. The molecule has 4 aromatic rings. The van der Waals surface area contributed by atoms with Gasteiger partial charge in [0.15, 0.2) is 5.57 Å². The van der Waals surface area contributed by atoms with Gasteiger partial charge in [-0.15, -0.1) is 0 Å². The fourth-order valence-electron chi connectivity index (χ4n) is 5.01. The van der Waals surface area contributed by atoms with Crippen molar-refractivity contribution in [1.82, 2.24) is 0 Å². The van der Waals surface area contributed by atoms with E-state index < -0.39 is 41.9 Å². The number of rotatable bonds is 14. The van der Waals surface area contributed by atoms with Crippen LogP contribution in [0.25, 0.3) is 0 Å². The van der Waals surface area contributed by atoms with Gasteiger partial charge in [0, 0.05) is 77.2 Å². The van der Waals surface area contributed by atoms with Gasteiger partial charge >= 0.3 is 23.9 Å². The van der Waals surface area contributed by atoms with Gasteiger partial charge in [-0.3, -0.25) is 9.59 Å². The summed E-state index contributed by atoms with van der Waals surface area (Å²) in [4.78, 5) is 45.0. The molecule has 4 aromatic carbocycles. The van der Waals surface area contributed by atoms with Crippen LogP contribution in [-0.4, -0.2) is 61.7 Å². The first kappa shape index (κ1) is 48.9. The largest absolute Gasteiger partial charge is 0.489 e. The van der Waals surface area contributed by atoms with Crippen LogP contribution in [0.3, 0.4) is 0 Å². The summed E-state index contributed by atoms with van der Waals surface area (Å²) >= 11 is 0. The molecule has 15 nitrogen and oxygen atoms in total. The number of hydrogen-bond acceptors (Lipinski definition) is 15. The van der Waals surface area contributed by atoms with E-state index >= 15 is 0 Å². The molecule has 0 atom stereocenters. The van der Waals surface area contributed by atoms with Gasteiger partial charge in [-0.1, -0.05) is 72.8 Å². The van der Waals surface area contributed by atoms with E-state index in [0.717, 1.165) is 22.6 Å². The maximum Gasteiger partial charge on any atom is 0.350 e. The average molecular weight is 845 g/mol. The molecule has 0 aliphatic carbocycles. The predicted octanol–water partition coefficient (Wildman–Crippen LogP) is 7.84. The molecule has 0 aromatic heterocycles. The summed E-state index contributed by atoms with van der Waals surface area (Å²) in [5.41, 5.74) is 9.05. The van der Waals surface area contributed by atoms with Crippen molar-refractivity contribution in [2.24, 2.45) is 0 Å². The number of nitrogen functional groups attached to an aromatic ring is 1. The standard InChI is InChI=1S/C20H19NO5.C13H13NO.C7H16O3.C6H8O4/c1-20(2)25-18(22)17(19(23)26-20)12-21-15-9-6-10-16(11-15)24-13-14-7-4-3-5-8-14;14-12-7-4-8-13(9-12)15-10-11-5-2-1-3-6-11;1-4-8-7(9-5-2)10-6-3;1-6(2)9-4(7)3-5(8)10-6/h3-12,21H,13H2,1-2H3;1-9H,10,14H2;7H,4-6H2,1-3H3;3H2,1-2H3. The molecule has 0 spiro atoms. The van der Waals surface area contributed by atoms with Crippen LogP contribution in [0.5, 0.6) is 11.5 Å². The maximum absolute atomic E-state index is 11.9. The minimum Gasteiger partial charge on any atom is -0.489 e. The van der Waals surface area contributed by atoms with Crippen molar-refractivity contribution >= 4 is 35.3 Å². The summed E-state index contributed by atoms with van der Waals surface area (Å²) < 4.78 is 46.0. The second kappa shape index (κ2) is 25.3. The van der Waals surface area contributed by atoms with E-state index in [1.165, 1.54) is 33.9 Å². The Morgan fingerprint density at radius 1 is 0.607 bits per heavy atom. The predicted molar refractivity (Wildman–Crippen MR) is 226 cm³/mol. The molecule has 0 unspecified atom stereocenters. The van der Waals surface area contributed by atoms with Crippen molar-refractivity contribution in [3.8, 4) is 11.5 Å². The van der Waals surface area contributed by atoms with Crippen molar-refractivity contribution < 1.29 is 61.8 Å². The van der Waals surface area contributed by atoms with Gasteiger partial charge in [-0.05, 0) is 56.2 Å². The number of esters is 4. The molecule has 61 heavy (non-hydrogen) atoms. The molecule has 328 valence electrons. The molecule has 2 heterocycles. The van der Waals surface area contributed by atoms with E-state index in [-0.39, 0.29) is 12.0 Å². The first-order chi connectivity index (χ1) is 29.1. The van der Waals surface area contributed by atoms with E-state index in [4.69, 9.17) is 38.9 Å². The van der Waals surface area contributed by atoms with Crippen molar-refractivity contribution in [3.63, 3.8) is 0 Å². The van der Waals surface area contributed by atoms with Crippen molar-refractivity contribution in [3.05, 3.63) is 132 Å². The molecule has 2 aliphatic heterocycles. The normalized spacial score (nSPS) is 14.7. The van der Waals surface area contributed by atoms with E-state index in [0.29, 0.717) is 44.5 Å². The molecular formula is C46H56N2O13. The number of hydrogen-bond donors (Lipinski definition) is 2. The lowest BCUT2D eigenvalue weighted by Gasteiger charge is -2.29. The topological polar surface area (TPSA) is 189 Å². The van der Waals surface area contributed by atoms with Crippen LogP contribution in [0.4, 0.5) is 11.4 Å². The van der Waals surface area contributed by atoms with Gasteiger partial charge in [-0.2, -0.15) is 0 Å².